The standard InChI is InChI=1S/C15H16N2O3/c16-8-11-2-4-15(14(7-11)17(18)19)20-9-13-6-10-1-3-12(13)5-10/h2,4,7,10,12-13H,1,3,5-6,9H2. The number of rotatable bonds is 4. The average Bonchev–Trinajstić information content (AvgIpc) is 3.07. The van der Waals surface area contributed by atoms with Crippen molar-refractivity contribution < 1.29 is 9.66 Å². The van der Waals surface area contributed by atoms with E-state index in [1.807, 2.05) is 6.07 Å². The van der Waals surface area contributed by atoms with Gasteiger partial charge >= 0.3 is 5.69 Å². The fourth-order valence-electron chi connectivity index (χ4n) is 3.63. The van der Waals surface area contributed by atoms with E-state index in [0.29, 0.717) is 12.5 Å². The molecule has 2 aliphatic rings. The highest BCUT2D eigenvalue weighted by Gasteiger charge is 2.39. The molecule has 5 nitrogen and oxygen atoms in total. The quantitative estimate of drug-likeness (QED) is 0.622. The van der Waals surface area contributed by atoms with Crippen molar-refractivity contribution in [1.82, 2.24) is 0 Å². The molecule has 0 heterocycles. The van der Waals surface area contributed by atoms with Gasteiger partial charge in [0.2, 0.25) is 0 Å². The van der Waals surface area contributed by atoms with E-state index in [1.165, 1.54) is 37.8 Å². The first kappa shape index (κ1) is 12.9. The maximum Gasteiger partial charge on any atom is 0.312 e. The number of benzene rings is 1. The highest BCUT2D eigenvalue weighted by molar-refractivity contribution is 5.51. The molecule has 2 aliphatic carbocycles. The number of ether oxygens (including phenoxy) is 1. The highest BCUT2D eigenvalue weighted by Crippen LogP contribution is 2.48. The second-order valence-corrected chi connectivity index (χ2v) is 5.80. The molecular weight excluding hydrogens is 256 g/mol. The Kier molecular flexibility index (Phi) is 3.31. The summed E-state index contributed by atoms with van der Waals surface area (Å²) < 4.78 is 5.68. The molecule has 3 rings (SSSR count). The minimum atomic E-state index is -0.489. The largest absolute Gasteiger partial charge is 0.487 e. The third kappa shape index (κ3) is 2.34. The van der Waals surface area contributed by atoms with Crippen molar-refractivity contribution in [3.63, 3.8) is 0 Å². The molecule has 3 unspecified atom stereocenters. The van der Waals surface area contributed by atoms with Gasteiger partial charge in [0.15, 0.2) is 5.75 Å². The van der Waals surface area contributed by atoms with Gasteiger partial charge < -0.3 is 4.74 Å². The van der Waals surface area contributed by atoms with Gasteiger partial charge in [-0.1, -0.05) is 6.42 Å². The van der Waals surface area contributed by atoms with Crippen LogP contribution in [-0.4, -0.2) is 11.5 Å². The molecule has 0 saturated heterocycles. The molecule has 20 heavy (non-hydrogen) atoms. The van der Waals surface area contributed by atoms with E-state index < -0.39 is 4.92 Å². The van der Waals surface area contributed by atoms with Gasteiger partial charge in [-0.25, -0.2) is 0 Å². The lowest BCUT2D eigenvalue weighted by Crippen LogP contribution is -2.18. The molecule has 0 aliphatic heterocycles. The molecule has 2 saturated carbocycles. The average molecular weight is 272 g/mol. The second-order valence-electron chi connectivity index (χ2n) is 5.80. The molecule has 104 valence electrons. The van der Waals surface area contributed by atoms with Crippen molar-refractivity contribution in [2.24, 2.45) is 17.8 Å². The molecule has 2 bridgehead atoms. The Morgan fingerprint density at radius 3 is 2.85 bits per heavy atom. The molecule has 5 heteroatoms. The molecule has 3 atom stereocenters. The van der Waals surface area contributed by atoms with Crippen LogP contribution in [0.5, 0.6) is 5.75 Å². The van der Waals surface area contributed by atoms with Gasteiger partial charge in [0.05, 0.1) is 23.2 Å². The first-order chi connectivity index (χ1) is 9.67. The Morgan fingerprint density at radius 1 is 1.40 bits per heavy atom. The van der Waals surface area contributed by atoms with Gasteiger partial charge in [-0.15, -0.1) is 0 Å². The fourth-order valence-corrected chi connectivity index (χ4v) is 3.63. The molecule has 0 spiro atoms. The zero-order chi connectivity index (χ0) is 14.1. The second kappa shape index (κ2) is 5.12. The first-order valence-corrected chi connectivity index (χ1v) is 6.98. The van der Waals surface area contributed by atoms with Crippen LogP contribution in [0, 0.1) is 39.2 Å². The zero-order valence-corrected chi connectivity index (χ0v) is 11.1. The van der Waals surface area contributed by atoms with Crippen molar-refractivity contribution >= 4 is 5.69 Å². The number of nitro benzene ring substituents is 1. The Bertz CT molecular complexity index is 579. The summed E-state index contributed by atoms with van der Waals surface area (Å²) in [4.78, 5) is 10.5. The monoisotopic (exact) mass is 272 g/mol. The summed E-state index contributed by atoms with van der Waals surface area (Å²) in [5, 5.41) is 19.8. The lowest BCUT2D eigenvalue weighted by atomic mass is 9.89. The van der Waals surface area contributed by atoms with E-state index in [4.69, 9.17) is 10.00 Å². The maximum absolute atomic E-state index is 11.0. The first-order valence-electron chi connectivity index (χ1n) is 6.98. The molecular formula is C15H16N2O3. The van der Waals surface area contributed by atoms with Gasteiger partial charge in [-0.05, 0) is 49.1 Å². The van der Waals surface area contributed by atoms with Crippen LogP contribution in [0.2, 0.25) is 0 Å². The SMILES string of the molecule is N#Cc1ccc(OCC2CC3CCC2C3)c([N+](=O)[O-])c1. The number of nitro groups is 1. The lowest BCUT2D eigenvalue weighted by molar-refractivity contribution is -0.385. The van der Waals surface area contributed by atoms with Gasteiger partial charge in [-0.3, -0.25) is 10.1 Å². The van der Waals surface area contributed by atoms with E-state index in [1.54, 1.807) is 6.07 Å². The summed E-state index contributed by atoms with van der Waals surface area (Å²) in [5.74, 6) is 2.38. The van der Waals surface area contributed by atoms with Crippen LogP contribution in [0.4, 0.5) is 5.69 Å². The molecule has 0 amide bonds. The number of hydrogen-bond acceptors (Lipinski definition) is 4. The van der Waals surface area contributed by atoms with Crippen LogP contribution < -0.4 is 4.74 Å². The van der Waals surface area contributed by atoms with Crippen molar-refractivity contribution in [2.45, 2.75) is 25.7 Å². The Balaban J connectivity index is 1.71. The Hall–Kier alpha value is -2.09. The minimum absolute atomic E-state index is 0.118. The van der Waals surface area contributed by atoms with E-state index >= 15 is 0 Å². The molecule has 0 N–H and O–H groups in total. The van der Waals surface area contributed by atoms with E-state index in [0.717, 1.165) is 11.8 Å². The molecule has 2 fully saturated rings. The van der Waals surface area contributed by atoms with Crippen LogP contribution in [0.25, 0.3) is 0 Å². The summed E-state index contributed by atoms with van der Waals surface area (Å²) >= 11 is 0. The molecule has 0 radical (unpaired) electrons. The number of hydrogen-bond donors (Lipinski definition) is 0. The van der Waals surface area contributed by atoms with Crippen LogP contribution >= 0.6 is 0 Å². The van der Waals surface area contributed by atoms with Crippen LogP contribution in [0.1, 0.15) is 31.2 Å². The van der Waals surface area contributed by atoms with Crippen molar-refractivity contribution in [3.8, 4) is 11.8 Å². The maximum atomic E-state index is 11.0. The zero-order valence-electron chi connectivity index (χ0n) is 11.1. The van der Waals surface area contributed by atoms with Gasteiger partial charge in [0, 0.05) is 6.07 Å². The minimum Gasteiger partial charge on any atom is -0.487 e. The summed E-state index contributed by atoms with van der Waals surface area (Å²) in [6.45, 7) is 0.550. The summed E-state index contributed by atoms with van der Waals surface area (Å²) in [6.07, 6.45) is 5.09. The predicted molar refractivity (Wildman–Crippen MR) is 72.2 cm³/mol. The topological polar surface area (TPSA) is 76.2 Å². The van der Waals surface area contributed by atoms with Crippen molar-refractivity contribution in [1.29, 1.82) is 5.26 Å². The van der Waals surface area contributed by atoms with Crippen LogP contribution in [-0.2, 0) is 0 Å². The third-order valence-corrected chi connectivity index (χ3v) is 4.62. The molecule has 1 aromatic rings. The summed E-state index contributed by atoms with van der Waals surface area (Å²) in [7, 11) is 0. The predicted octanol–water partition coefficient (Wildman–Crippen LogP) is 3.28. The fraction of sp³-hybridized carbons (Fsp3) is 0.533. The number of nitrogens with zero attached hydrogens (tertiary/aromatic N) is 2. The normalized spacial score (nSPS) is 27.2. The van der Waals surface area contributed by atoms with E-state index in [-0.39, 0.29) is 17.0 Å². The molecule has 0 aromatic heterocycles. The molecule has 1 aromatic carbocycles. The summed E-state index contributed by atoms with van der Waals surface area (Å²) in [6, 6.07) is 6.27. The van der Waals surface area contributed by atoms with Gasteiger partial charge in [0.25, 0.3) is 0 Å². The Labute approximate surface area is 117 Å². The third-order valence-electron chi connectivity index (χ3n) is 4.62. The van der Waals surface area contributed by atoms with Gasteiger partial charge in [0.1, 0.15) is 0 Å². The number of fused-ring (bicyclic) bond motifs is 2. The van der Waals surface area contributed by atoms with Crippen LogP contribution in [0.3, 0.4) is 0 Å². The highest BCUT2D eigenvalue weighted by atomic mass is 16.6. The number of nitriles is 1. The smallest absolute Gasteiger partial charge is 0.312 e. The summed E-state index contributed by atoms with van der Waals surface area (Å²) in [5.41, 5.74) is 0.163. The van der Waals surface area contributed by atoms with Crippen molar-refractivity contribution in [3.05, 3.63) is 33.9 Å². The lowest BCUT2D eigenvalue weighted by Gasteiger charge is -2.21. The van der Waals surface area contributed by atoms with E-state index in [9.17, 15) is 10.1 Å². The van der Waals surface area contributed by atoms with Crippen LogP contribution in [0.15, 0.2) is 18.2 Å². The Morgan fingerprint density at radius 2 is 2.25 bits per heavy atom. The van der Waals surface area contributed by atoms with Gasteiger partial charge in [-0.2, -0.15) is 5.26 Å². The van der Waals surface area contributed by atoms with E-state index in [2.05, 4.69) is 0 Å². The van der Waals surface area contributed by atoms with Crippen molar-refractivity contribution in [2.75, 3.05) is 6.61 Å².